The van der Waals surface area contributed by atoms with Gasteiger partial charge in [0.2, 0.25) is 0 Å². The van der Waals surface area contributed by atoms with Crippen LogP contribution in [0.2, 0.25) is 23.2 Å². The first-order valence-corrected chi connectivity index (χ1v) is 28.8. The number of aromatic nitrogens is 4. The molecular weight excluding hydrogens is 890 g/mol. The standard InChI is InChI=1S/C39H48N5O8PSi2.C9H16N2/c1-37(2,3)54(7,8)51-32-36(44-26-42-31-33(40-25-41-34(31)44)43-35(45)27-18-12-9-13-19-27)50-30(39(32,46)52-53(47)48)24-49-55(38(4,5)6,28-20-14-10-15-21-28)29-22-16-11-17-23-29;1-2-5-9-10-6-4-8-11(9)7-3-1/h9-23,25-26,30,32,36,46H,24H2,1-8H3,(H,40,41,43,45);1-8H2/p+1/t30-,32+,36-,39+;/m1./s1. The molecule has 0 aliphatic carbocycles. The van der Waals surface area contributed by atoms with Gasteiger partial charge in [-0.05, 0) is 69.5 Å². The number of quaternary nitrogens is 1. The van der Waals surface area contributed by atoms with E-state index in [9.17, 15) is 19.4 Å². The second-order valence-electron chi connectivity index (χ2n) is 19.8. The lowest BCUT2D eigenvalue weighted by Crippen LogP contribution is -3.15. The van der Waals surface area contributed by atoms with Crippen LogP contribution in [-0.4, -0.2) is 97.2 Å². The molecule has 18 heteroatoms. The first-order valence-electron chi connectivity index (χ1n) is 22.9. The summed E-state index contributed by atoms with van der Waals surface area (Å²) in [6.45, 7) is 19.9. The molecule has 1 amide bonds. The van der Waals surface area contributed by atoms with E-state index in [1.54, 1.807) is 33.7 Å². The number of amides is 1. The van der Waals surface area contributed by atoms with Gasteiger partial charge in [0, 0.05) is 24.9 Å². The van der Waals surface area contributed by atoms with Crippen molar-refractivity contribution in [3.05, 3.63) is 109 Å². The predicted molar refractivity (Wildman–Crippen MR) is 259 cm³/mol. The summed E-state index contributed by atoms with van der Waals surface area (Å²) in [6.07, 6.45) is 5.52. The maximum absolute atomic E-state index is 13.1. The van der Waals surface area contributed by atoms with Crippen LogP contribution < -0.4 is 25.5 Å². The molecular formula is C48H65N7O8PSi2+. The molecule has 0 saturated carbocycles. The Bertz CT molecular complexity index is 2430. The van der Waals surface area contributed by atoms with Gasteiger partial charge in [-0.1, -0.05) is 120 Å². The minimum absolute atomic E-state index is 0.151. The fourth-order valence-corrected chi connectivity index (χ4v) is 15.2. The van der Waals surface area contributed by atoms with Crippen LogP contribution in [0.15, 0.2) is 109 Å². The van der Waals surface area contributed by atoms with Gasteiger partial charge in [-0.25, -0.2) is 19.9 Å². The molecule has 3 aromatic carbocycles. The number of carbonyl (C=O) groups excluding carboxylic acids is 1. The highest BCUT2D eigenvalue weighted by atomic mass is 31.1. The van der Waals surface area contributed by atoms with Crippen molar-refractivity contribution < 1.29 is 42.4 Å². The SMILES string of the molecule is C1CCC2=NCCC[NH+]2CC1.CC(C)(C)[Si](C)(C)O[C@H]1[C@H](n2cnc3c(NC(=O)c4ccccc4)ncnc32)O[C@H](CO[Si](c2ccccc2)(c2ccccc2)C(C)(C)C)[C@]1(O)O[P+](=O)[O-]. The number of rotatable bonds is 12. The van der Waals surface area contributed by atoms with Gasteiger partial charge in [0.25, 0.3) is 20.0 Å². The number of ether oxygens (including phenoxy) is 1. The number of nitrogens with zero attached hydrogens (tertiary/aromatic N) is 5. The largest absolute Gasteiger partial charge is 0.566 e. The lowest BCUT2D eigenvalue weighted by Gasteiger charge is -2.44. The number of amidine groups is 1. The molecule has 0 bridgehead atoms. The van der Waals surface area contributed by atoms with Crippen LogP contribution in [0, 0.1) is 0 Å². The molecule has 15 nitrogen and oxygen atoms in total. The molecule has 0 radical (unpaired) electrons. The average molecular weight is 955 g/mol. The lowest BCUT2D eigenvalue weighted by atomic mass is 10.1. The monoisotopic (exact) mass is 954 g/mol. The van der Waals surface area contributed by atoms with Crippen LogP contribution >= 0.6 is 8.25 Å². The Morgan fingerprint density at radius 1 is 0.894 bits per heavy atom. The van der Waals surface area contributed by atoms with E-state index in [4.69, 9.17) is 18.1 Å². The Morgan fingerprint density at radius 3 is 2.12 bits per heavy atom. The molecule has 352 valence electrons. The van der Waals surface area contributed by atoms with Gasteiger partial charge in [-0.2, -0.15) is 0 Å². The quantitative estimate of drug-likeness (QED) is 0.0767. The predicted octanol–water partition coefficient (Wildman–Crippen LogP) is 5.91. The number of aliphatic hydroxyl groups is 1. The molecule has 5 heterocycles. The number of fused-ring (bicyclic) bond motifs is 2. The van der Waals surface area contributed by atoms with E-state index in [2.05, 4.69) is 46.0 Å². The van der Waals surface area contributed by atoms with Crippen molar-refractivity contribution in [2.75, 3.05) is 31.6 Å². The number of benzene rings is 3. The lowest BCUT2D eigenvalue weighted by molar-refractivity contribution is -0.809. The third-order valence-corrected chi connectivity index (χ3v) is 23.3. The Morgan fingerprint density at radius 2 is 1.52 bits per heavy atom. The minimum Gasteiger partial charge on any atom is -0.566 e. The maximum Gasteiger partial charge on any atom is 0.491 e. The third-order valence-electron chi connectivity index (χ3n) is 13.4. The zero-order valence-corrected chi connectivity index (χ0v) is 42.3. The van der Waals surface area contributed by atoms with E-state index in [0.717, 1.165) is 16.9 Å². The molecule has 5 aromatic rings. The van der Waals surface area contributed by atoms with E-state index < -0.39 is 60.1 Å². The van der Waals surface area contributed by atoms with Crippen LogP contribution in [0.1, 0.15) is 90.2 Å². The molecule has 3 N–H and O–H groups in total. The minimum atomic E-state index is -3.62. The molecule has 2 unspecified atom stereocenters. The molecule has 3 aliphatic rings. The van der Waals surface area contributed by atoms with Gasteiger partial charge in [-0.3, -0.25) is 14.3 Å². The number of carbonyl (C=O) groups is 1. The van der Waals surface area contributed by atoms with Crippen molar-refractivity contribution in [3.63, 3.8) is 0 Å². The zero-order valence-electron chi connectivity index (χ0n) is 39.4. The van der Waals surface area contributed by atoms with Gasteiger partial charge in [-0.15, -0.1) is 4.52 Å². The second kappa shape index (κ2) is 20.5. The molecule has 2 saturated heterocycles. The Balaban J connectivity index is 0.000000511. The normalized spacial score (nSPS) is 22.9. The summed E-state index contributed by atoms with van der Waals surface area (Å²) < 4.78 is 40.3. The summed E-state index contributed by atoms with van der Waals surface area (Å²) >= 11 is 0. The molecule has 6 atom stereocenters. The van der Waals surface area contributed by atoms with Crippen molar-refractivity contribution in [2.45, 2.75) is 121 Å². The van der Waals surface area contributed by atoms with Crippen LogP contribution in [-0.2, 0) is 22.7 Å². The Kier molecular flexibility index (Phi) is 15.3. The van der Waals surface area contributed by atoms with E-state index in [0.29, 0.717) is 5.56 Å². The van der Waals surface area contributed by atoms with Crippen LogP contribution in [0.4, 0.5) is 5.82 Å². The van der Waals surface area contributed by atoms with Crippen LogP contribution in [0.5, 0.6) is 0 Å². The number of hydrogen-bond acceptors (Lipinski definition) is 12. The maximum atomic E-state index is 13.1. The highest BCUT2D eigenvalue weighted by Crippen LogP contribution is 2.49. The molecule has 3 aliphatic heterocycles. The summed E-state index contributed by atoms with van der Waals surface area (Å²) in [4.78, 5) is 45.3. The summed E-state index contributed by atoms with van der Waals surface area (Å²) in [5.41, 5.74) is 0.913. The Labute approximate surface area is 391 Å². The highest BCUT2D eigenvalue weighted by Gasteiger charge is 2.65. The van der Waals surface area contributed by atoms with Gasteiger partial charge >= 0.3 is 8.25 Å². The molecule has 8 rings (SSSR count). The summed E-state index contributed by atoms with van der Waals surface area (Å²) in [5.74, 6) is -1.31. The Hall–Kier alpha value is -4.40. The van der Waals surface area contributed by atoms with Crippen molar-refractivity contribution in [2.24, 2.45) is 4.99 Å². The van der Waals surface area contributed by atoms with E-state index in [1.165, 1.54) is 63.7 Å². The summed E-state index contributed by atoms with van der Waals surface area (Å²) in [6, 6.07) is 28.6. The molecule has 2 fully saturated rings. The first-order chi connectivity index (χ1) is 31.4. The fraction of sp³-hybridized carbons (Fsp3) is 0.479. The number of nitrogens with one attached hydrogen (secondary N) is 2. The number of imidazole rings is 1. The van der Waals surface area contributed by atoms with E-state index in [1.807, 2.05) is 101 Å². The van der Waals surface area contributed by atoms with E-state index in [-0.39, 0.29) is 28.6 Å². The number of anilines is 1. The summed E-state index contributed by atoms with van der Waals surface area (Å²) in [7, 11) is -9.63. The van der Waals surface area contributed by atoms with Crippen molar-refractivity contribution >= 4 is 64.0 Å². The average Bonchev–Trinajstić information content (AvgIpc) is 3.71. The smallest absolute Gasteiger partial charge is 0.491 e. The first kappa shape index (κ1) is 49.5. The summed E-state index contributed by atoms with van der Waals surface area (Å²) in [5, 5.41) is 16.6. The number of aliphatic imine (C=N–C) groups is 1. The third kappa shape index (κ3) is 10.5. The van der Waals surface area contributed by atoms with Crippen LogP contribution in [0.25, 0.3) is 11.2 Å². The molecule has 66 heavy (non-hydrogen) atoms. The van der Waals surface area contributed by atoms with Crippen molar-refractivity contribution in [3.8, 4) is 0 Å². The van der Waals surface area contributed by atoms with Crippen LogP contribution in [0.3, 0.4) is 0 Å². The van der Waals surface area contributed by atoms with Gasteiger partial charge in [0.05, 0.1) is 26.0 Å². The highest BCUT2D eigenvalue weighted by molar-refractivity contribution is 7.30. The van der Waals surface area contributed by atoms with E-state index >= 15 is 0 Å². The van der Waals surface area contributed by atoms with Gasteiger partial charge in [0.15, 0.2) is 43.5 Å². The molecule has 2 aromatic heterocycles. The zero-order chi connectivity index (χ0) is 47.3. The van der Waals surface area contributed by atoms with Crippen molar-refractivity contribution in [1.29, 1.82) is 0 Å². The topological polar surface area (TPSA) is 187 Å². The van der Waals surface area contributed by atoms with Crippen molar-refractivity contribution in [1.82, 2.24) is 19.5 Å². The van der Waals surface area contributed by atoms with Gasteiger partial charge in [0.1, 0.15) is 12.4 Å². The number of hydrogen-bond donors (Lipinski definition) is 3. The second-order valence-corrected chi connectivity index (χ2v) is 29.5. The molecule has 0 spiro atoms. The fourth-order valence-electron chi connectivity index (χ4n) is 8.92. The van der Waals surface area contributed by atoms with Gasteiger partial charge < -0.3 is 28.9 Å².